The maximum Gasteiger partial charge on any atom is 0.218 e. The molecule has 0 aromatic carbocycles. The summed E-state index contributed by atoms with van der Waals surface area (Å²) < 4.78 is 1.60. The van der Waals surface area contributed by atoms with Gasteiger partial charge in [-0.25, -0.2) is 4.68 Å². The molecule has 1 heterocycles. The third-order valence-electron chi connectivity index (χ3n) is 1.87. The average molecular weight is 154 g/mol. The first kappa shape index (κ1) is 8.04. The van der Waals surface area contributed by atoms with Crippen LogP contribution in [0.25, 0.3) is 0 Å². The van der Waals surface area contributed by atoms with Crippen molar-refractivity contribution in [3.63, 3.8) is 0 Å². The number of hydrogen-bond acceptors (Lipinski definition) is 3. The van der Waals surface area contributed by atoms with Crippen molar-refractivity contribution >= 4 is 5.95 Å². The Kier molecular flexibility index (Phi) is 2.12. The van der Waals surface area contributed by atoms with Crippen LogP contribution in [0.15, 0.2) is 0 Å². The van der Waals surface area contributed by atoms with Gasteiger partial charge in [-0.2, -0.15) is 10.1 Å². The fourth-order valence-electron chi connectivity index (χ4n) is 0.808. The minimum atomic E-state index is 0.401. The summed E-state index contributed by atoms with van der Waals surface area (Å²) in [5.74, 6) is 1.73. The molecule has 4 nitrogen and oxygen atoms in total. The summed E-state index contributed by atoms with van der Waals surface area (Å²) in [6.07, 6.45) is 1.05. The van der Waals surface area contributed by atoms with Gasteiger partial charge < -0.3 is 5.73 Å². The molecule has 1 aromatic heterocycles. The Bertz CT molecular complexity index is 221. The second-order valence-electron chi connectivity index (χ2n) is 2.76. The van der Waals surface area contributed by atoms with E-state index in [1.165, 1.54) is 0 Å². The van der Waals surface area contributed by atoms with E-state index in [0.717, 1.165) is 12.2 Å². The molecule has 62 valence electrons. The van der Waals surface area contributed by atoms with Gasteiger partial charge in [0.15, 0.2) is 5.82 Å². The number of hydrogen-bond donors (Lipinski definition) is 1. The molecule has 2 N–H and O–H groups in total. The Hall–Kier alpha value is -1.06. The molecule has 0 saturated heterocycles. The van der Waals surface area contributed by atoms with Crippen molar-refractivity contribution in [1.82, 2.24) is 14.8 Å². The summed E-state index contributed by atoms with van der Waals surface area (Å²) >= 11 is 0. The van der Waals surface area contributed by atoms with Crippen LogP contribution in [0.2, 0.25) is 0 Å². The fraction of sp³-hybridized carbons (Fsp3) is 0.714. The molecular formula is C7H14N4. The molecule has 0 saturated carbocycles. The highest BCUT2D eigenvalue weighted by Crippen LogP contribution is 2.14. The zero-order valence-electron chi connectivity index (χ0n) is 7.20. The molecule has 1 unspecified atom stereocenters. The van der Waals surface area contributed by atoms with Crippen LogP contribution in [0.3, 0.4) is 0 Å². The van der Waals surface area contributed by atoms with E-state index in [-0.39, 0.29) is 0 Å². The highest BCUT2D eigenvalue weighted by atomic mass is 15.4. The van der Waals surface area contributed by atoms with Crippen LogP contribution in [0.4, 0.5) is 5.95 Å². The number of nitrogens with zero attached hydrogens (tertiary/aromatic N) is 3. The first-order valence-electron chi connectivity index (χ1n) is 3.81. The number of nitrogen functional groups attached to an aromatic ring is 1. The molecule has 0 fully saturated rings. The molecule has 0 spiro atoms. The van der Waals surface area contributed by atoms with Gasteiger partial charge in [0.2, 0.25) is 5.95 Å². The predicted molar refractivity (Wildman–Crippen MR) is 44.1 cm³/mol. The standard InChI is InChI=1S/C7H14N4/c1-4-5(2)6-9-7(8)11(3)10-6/h5H,4H2,1-3H3,(H2,8,9,10). The highest BCUT2D eigenvalue weighted by Gasteiger charge is 2.09. The van der Waals surface area contributed by atoms with Gasteiger partial charge in [0.1, 0.15) is 0 Å². The second-order valence-corrected chi connectivity index (χ2v) is 2.76. The van der Waals surface area contributed by atoms with Gasteiger partial charge in [0.25, 0.3) is 0 Å². The van der Waals surface area contributed by atoms with Crippen molar-refractivity contribution in [2.75, 3.05) is 5.73 Å². The molecule has 4 heteroatoms. The largest absolute Gasteiger partial charge is 0.368 e. The smallest absolute Gasteiger partial charge is 0.218 e. The molecule has 0 bridgehead atoms. The van der Waals surface area contributed by atoms with Crippen LogP contribution in [0, 0.1) is 0 Å². The van der Waals surface area contributed by atoms with Crippen molar-refractivity contribution in [2.45, 2.75) is 26.2 Å². The van der Waals surface area contributed by atoms with Crippen molar-refractivity contribution in [3.05, 3.63) is 5.82 Å². The maximum atomic E-state index is 5.52. The quantitative estimate of drug-likeness (QED) is 0.688. The molecule has 0 amide bonds. The van der Waals surface area contributed by atoms with Gasteiger partial charge in [0, 0.05) is 13.0 Å². The molecule has 0 aliphatic carbocycles. The van der Waals surface area contributed by atoms with Crippen LogP contribution in [-0.2, 0) is 7.05 Å². The summed E-state index contributed by atoms with van der Waals surface area (Å²) in [5.41, 5.74) is 5.52. The highest BCUT2D eigenvalue weighted by molar-refractivity contribution is 5.16. The second kappa shape index (κ2) is 2.90. The van der Waals surface area contributed by atoms with Gasteiger partial charge in [-0.05, 0) is 6.42 Å². The molecular weight excluding hydrogens is 140 g/mol. The number of aryl methyl sites for hydroxylation is 1. The summed E-state index contributed by atoms with van der Waals surface area (Å²) in [4.78, 5) is 4.11. The molecule has 0 radical (unpaired) electrons. The summed E-state index contributed by atoms with van der Waals surface area (Å²) in [6, 6.07) is 0. The monoisotopic (exact) mass is 154 g/mol. The van der Waals surface area contributed by atoms with Gasteiger partial charge in [-0.3, -0.25) is 0 Å². The summed E-state index contributed by atoms with van der Waals surface area (Å²) in [7, 11) is 1.80. The number of aromatic nitrogens is 3. The Labute approximate surface area is 66.4 Å². The lowest BCUT2D eigenvalue weighted by Gasteiger charge is -1.99. The van der Waals surface area contributed by atoms with Crippen LogP contribution >= 0.6 is 0 Å². The Balaban J connectivity index is 2.88. The zero-order valence-corrected chi connectivity index (χ0v) is 7.20. The first-order valence-corrected chi connectivity index (χ1v) is 3.81. The number of nitrogens with two attached hydrogens (primary N) is 1. The predicted octanol–water partition coefficient (Wildman–Crippen LogP) is 0.911. The number of anilines is 1. The van der Waals surface area contributed by atoms with Crippen LogP contribution < -0.4 is 5.73 Å². The van der Waals surface area contributed by atoms with E-state index < -0.39 is 0 Å². The lowest BCUT2D eigenvalue weighted by Crippen LogP contribution is -1.98. The van der Waals surface area contributed by atoms with Crippen LogP contribution in [-0.4, -0.2) is 14.8 Å². The van der Waals surface area contributed by atoms with Crippen molar-refractivity contribution < 1.29 is 0 Å². The average Bonchev–Trinajstić information content (AvgIpc) is 2.31. The first-order chi connectivity index (χ1) is 5.15. The van der Waals surface area contributed by atoms with E-state index in [4.69, 9.17) is 5.73 Å². The van der Waals surface area contributed by atoms with Crippen molar-refractivity contribution in [2.24, 2.45) is 7.05 Å². The zero-order chi connectivity index (χ0) is 8.43. The summed E-state index contributed by atoms with van der Waals surface area (Å²) in [5, 5.41) is 4.16. The Morgan fingerprint density at radius 3 is 2.64 bits per heavy atom. The fourth-order valence-corrected chi connectivity index (χ4v) is 0.808. The van der Waals surface area contributed by atoms with Gasteiger partial charge in [-0.1, -0.05) is 13.8 Å². The van der Waals surface area contributed by atoms with Crippen molar-refractivity contribution in [1.29, 1.82) is 0 Å². The molecule has 0 aliphatic heterocycles. The SMILES string of the molecule is CCC(C)c1nc(N)n(C)n1. The number of rotatable bonds is 2. The summed E-state index contributed by atoms with van der Waals surface area (Å²) in [6.45, 7) is 4.20. The minimum Gasteiger partial charge on any atom is -0.368 e. The maximum absolute atomic E-state index is 5.52. The Morgan fingerprint density at radius 1 is 1.64 bits per heavy atom. The minimum absolute atomic E-state index is 0.401. The van der Waals surface area contributed by atoms with Crippen LogP contribution in [0.5, 0.6) is 0 Å². The molecule has 1 rings (SSSR count). The third kappa shape index (κ3) is 1.50. The topological polar surface area (TPSA) is 56.7 Å². The normalized spacial score (nSPS) is 13.4. The van der Waals surface area contributed by atoms with Gasteiger partial charge >= 0.3 is 0 Å². The van der Waals surface area contributed by atoms with E-state index in [9.17, 15) is 0 Å². The Morgan fingerprint density at radius 2 is 2.27 bits per heavy atom. The van der Waals surface area contributed by atoms with E-state index in [1.54, 1.807) is 11.7 Å². The lowest BCUT2D eigenvalue weighted by molar-refractivity contribution is 0.657. The van der Waals surface area contributed by atoms with Crippen LogP contribution in [0.1, 0.15) is 32.0 Å². The van der Waals surface area contributed by atoms with E-state index in [1.807, 2.05) is 0 Å². The van der Waals surface area contributed by atoms with E-state index in [2.05, 4.69) is 23.9 Å². The van der Waals surface area contributed by atoms with Gasteiger partial charge in [0.05, 0.1) is 0 Å². The van der Waals surface area contributed by atoms with Crippen molar-refractivity contribution in [3.8, 4) is 0 Å². The molecule has 1 aromatic rings. The third-order valence-corrected chi connectivity index (χ3v) is 1.87. The van der Waals surface area contributed by atoms with Gasteiger partial charge in [-0.15, -0.1) is 0 Å². The van der Waals surface area contributed by atoms with E-state index in [0.29, 0.717) is 11.9 Å². The molecule has 1 atom stereocenters. The van der Waals surface area contributed by atoms with E-state index >= 15 is 0 Å². The lowest BCUT2D eigenvalue weighted by atomic mass is 10.1. The molecule has 0 aliphatic rings. The molecule has 11 heavy (non-hydrogen) atoms.